The third-order valence-corrected chi connectivity index (χ3v) is 3.27. The first-order chi connectivity index (χ1) is 11.1. The molecule has 0 unspecified atom stereocenters. The van der Waals surface area contributed by atoms with Crippen molar-refractivity contribution in [3.05, 3.63) is 81.9 Å². The molecule has 2 N–H and O–H groups in total. The van der Waals surface area contributed by atoms with Gasteiger partial charge in [-0.25, -0.2) is 9.82 Å². The Labute approximate surface area is 130 Å². The van der Waals surface area contributed by atoms with Gasteiger partial charge in [0.2, 0.25) is 0 Å². The Morgan fingerprint density at radius 2 is 1.87 bits per heavy atom. The van der Waals surface area contributed by atoms with Crippen LogP contribution in [0.3, 0.4) is 0 Å². The summed E-state index contributed by atoms with van der Waals surface area (Å²) in [6.45, 7) is 0. The molecule has 3 aromatic rings. The van der Waals surface area contributed by atoms with Crippen LogP contribution in [-0.2, 0) is 0 Å². The van der Waals surface area contributed by atoms with Gasteiger partial charge in [0.15, 0.2) is 0 Å². The second-order valence-corrected chi connectivity index (χ2v) is 4.82. The van der Waals surface area contributed by atoms with Crippen LogP contribution in [0.15, 0.2) is 64.5 Å². The summed E-state index contributed by atoms with van der Waals surface area (Å²) in [4.78, 5) is 26.4. The topological polar surface area (TPSA) is 74.3 Å². The summed E-state index contributed by atoms with van der Waals surface area (Å²) in [6, 6.07) is 14.5. The molecule has 0 spiro atoms. The highest BCUT2D eigenvalue weighted by Crippen LogP contribution is 2.09. The lowest BCUT2D eigenvalue weighted by Crippen LogP contribution is -2.20. The van der Waals surface area contributed by atoms with E-state index in [-0.39, 0.29) is 16.7 Å². The van der Waals surface area contributed by atoms with Gasteiger partial charge in [0.1, 0.15) is 5.82 Å². The molecule has 1 amide bonds. The summed E-state index contributed by atoms with van der Waals surface area (Å²) >= 11 is 0. The van der Waals surface area contributed by atoms with Gasteiger partial charge in [-0.3, -0.25) is 9.59 Å². The first-order valence-electron chi connectivity index (χ1n) is 6.85. The number of nitrogens with zero attached hydrogens (tertiary/aromatic N) is 1. The van der Waals surface area contributed by atoms with Crippen LogP contribution in [0.5, 0.6) is 0 Å². The lowest BCUT2D eigenvalue weighted by atomic mass is 10.2. The summed E-state index contributed by atoms with van der Waals surface area (Å²) in [7, 11) is 0. The maximum atomic E-state index is 13.5. The molecule has 0 aliphatic rings. The molecule has 0 atom stereocenters. The molecule has 1 heterocycles. The van der Waals surface area contributed by atoms with Crippen LogP contribution in [0.4, 0.5) is 4.39 Å². The van der Waals surface area contributed by atoms with Crippen LogP contribution in [-0.4, -0.2) is 17.1 Å². The van der Waals surface area contributed by atoms with Gasteiger partial charge in [-0.05, 0) is 29.7 Å². The van der Waals surface area contributed by atoms with Gasteiger partial charge >= 0.3 is 0 Å². The normalized spacial score (nSPS) is 11.0. The molecule has 2 aromatic carbocycles. The molecule has 114 valence electrons. The number of hydrazone groups is 1. The van der Waals surface area contributed by atoms with Crippen molar-refractivity contribution in [2.75, 3.05) is 0 Å². The fourth-order valence-corrected chi connectivity index (χ4v) is 2.13. The molecule has 0 saturated carbocycles. The Morgan fingerprint density at radius 3 is 2.70 bits per heavy atom. The average Bonchev–Trinajstić information content (AvgIpc) is 2.55. The molecule has 5 nitrogen and oxygen atoms in total. The van der Waals surface area contributed by atoms with Crippen molar-refractivity contribution in [2.24, 2.45) is 5.10 Å². The number of pyridine rings is 1. The molecule has 1 aromatic heterocycles. The van der Waals surface area contributed by atoms with Crippen LogP contribution >= 0.6 is 0 Å². The average molecular weight is 309 g/mol. The molecular formula is C17H12FN3O2. The number of H-pyrrole nitrogens is 1. The molecule has 0 fully saturated rings. The highest BCUT2D eigenvalue weighted by Gasteiger charge is 2.09. The molecule has 0 bridgehead atoms. The van der Waals surface area contributed by atoms with Gasteiger partial charge in [-0.15, -0.1) is 0 Å². The molecule has 0 aliphatic carbocycles. The van der Waals surface area contributed by atoms with Crippen molar-refractivity contribution in [1.29, 1.82) is 0 Å². The van der Waals surface area contributed by atoms with Crippen LogP contribution in [0.2, 0.25) is 0 Å². The van der Waals surface area contributed by atoms with Gasteiger partial charge < -0.3 is 4.98 Å². The van der Waals surface area contributed by atoms with Gasteiger partial charge in [0.25, 0.3) is 11.5 Å². The number of rotatable bonds is 3. The lowest BCUT2D eigenvalue weighted by Gasteiger charge is -2.01. The maximum absolute atomic E-state index is 13.5. The van der Waals surface area contributed by atoms with E-state index in [0.29, 0.717) is 5.52 Å². The van der Waals surface area contributed by atoms with Crippen molar-refractivity contribution in [3.63, 3.8) is 0 Å². The zero-order chi connectivity index (χ0) is 16.2. The first kappa shape index (κ1) is 14.6. The quantitative estimate of drug-likeness (QED) is 0.576. The van der Waals surface area contributed by atoms with E-state index in [1.807, 2.05) is 18.2 Å². The van der Waals surface area contributed by atoms with E-state index in [4.69, 9.17) is 0 Å². The Morgan fingerprint density at radius 1 is 1.13 bits per heavy atom. The van der Waals surface area contributed by atoms with Crippen molar-refractivity contribution in [1.82, 2.24) is 10.4 Å². The summed E-state index contributed by atoms with van der Waals surface area (Å²) in [5, 5.41) is 4.56. The number of benzene rings is 2. The third-order valence-electron chi connectivity index (χ3n) is 3.27. The molecule has 3 rings (SSSR count). The maximum Gasteiger partial charge on any atom is 0.274 e. The number of para-hydroxylation sites is 1. The molecular weight excluding hydrogens is 297 g/mol. The van der Waals surface area contributed by atoms with Crippen LogP contribution in [0.25, 0.3) is 10.9 Å². The number of fused-ring (bicyclic) bond motifs is 1. The summed E-state index contributed by atoms with van der Waals surface area (Å²) in [5.74, 6) is -1.32. The van der Waals surface area contributed by atoms with Crippen LogP contribution < -0.4 is 11.0 Å². The zero-order valence-corrected chi connectivity index (χ0v) is 11.9. The Kier molecular flexibility index (Phi) is 3.97. The number of amides is 1. The van der Waals surface area contributed by atoms with Crippen molar-refractivity contribution >= 4 is 23.0 Å². The summed E-state index contributed by atoms with van der Waals surface area (Å²) in [5.41, 5.74) is 2.76. The number of hydrogen-bond donors (Lipinski definition) is 2. The number of aromatic nitrogens is 1. The molecule has 0 aliphatic heterocycles. The van der Waals surface area contributed by atoms with Gasteiger partial charge in [-0.1, -0.05) is 30.3 Å². The summed E-state index contributed by atoms with van der Waals surface area (Å²) in [6.07, 6.45) is 1.23. The van der Waals surface area contributed by atoms with Crippen LogP contribution in [0.1, 0.15) is 15.9 Å². The SMILES string of the molecule is O=C(NN=Cc1cc2ccccc2[nH]c1=O)c1ccccc1F. The first-order valence-corrected chi connectivity index (χ1v) is 6.85. The van der Waals surface area contributed by atoms with E-state index in [1.54, 1.807) is 18.2 Å². The van der Waals surface area contributed by atoms with E-state index < -0.39 is 11.7 Å². The molecule has 23 heavy (non-hydrogen) atoms. The summed E-state index contributed by atoms with van der Waals surface area (Å²) < 4.78 is 13.5. The minimum absolute atomic E-state index is 0.114. The highest BCUT2D eigenvalue weighted by atomic mass is 19.1. The number of aromatic amines is 1. The number of nitrogens with one attached hydrogen (secondary N) is 2. The fourth-order valence-electron chi connectivity index (χ4n) is 2.13. The van der Waals surface area contributed by atoms with Gasteiger partial charge in [0.05, 0.1) is 17.3 Å². The largest absolute Gasteiger partial charge is 0.321 e. The minimum atomic E-state index is -0.684. The Balaban J connectivity index is 1.81. The number of carbonyl (C=O) groups excluding carboxylic acids is 1. The third kappa shape index (κ3) is 3.16. The van der Waals surface area contributed by atoms with E-state index in [1.165, 1.54) is 24.4 Å². The Hall–Kier alpha value is -3.28. The monoisotopic (exact) mass is 309 g/mol. The van der Waals surface area contributed by atoms with E-state index in [0.717, 1.165) is 5.39 Å². The zero-order valence-electron chi connectivity index (χ0n) is 11.9. The van der Waals surface area contributed by atoms with E-state index in [9.17, 15) is 14.0 Å². The van der Waals surface area contributed by atoms with Crippen molar-refractivity contribution in [3.8, 4) is 0 Å². The van der Waals surface area contributed by atoms with E-state index in [2.05, 4.69) is 15.5 Å². The standard InChI is InChI=1S/C17H12FN3O2/c18-14-7-3-2-6-13(14)17(23)21-19-10-12-9-11-5-1-4-8-15(11)20-16(12)22/h1-10H,(H,20,22)(H,21,23). The van der Waals surface area contributed by atoms with E-state index >= 15 is 0 Å². The van der Waals surface area contributed by atoms with Gasteiger partial charge in [-0.2, -0.15) is 5.10 Å². The lowest BCUT2D eigenvalue weighted by molar-refractivity contribution is 0.0951. The van der Waals surface area contributed by atoms with Crippen molar-refractivity contribution in [2.45, 2.75) is 0 Å². The second-order valence-electron chi connectivity index (χ2n) is 4.82. The van der Waals surface area contributed by atoms with Crippen molar-refractivity contribution < 1.29 is 9.18 Å². The molecule has 0 radical (unpaired) electrons. The van der Waals surface area contributed by atoms with Crippen LogP contribution in [0, 0.1) is 5.82 Å². The predicted octanol–water partition coefficient (Wildman–Crippen LogP) is 2.43. The fraction of sp³-hybridized carbons (Fsp3) is 0. The minimum Gasteiger partial charge on any atom is -0.321 e. The Bertz CT molecular complexity index is 963. The molecule has 6 heteroatoms. The highest BCUT2D eigenvalue weighted by molar-refractivity contribution is 5.95. The number of hydrogen-bond acceptors (Lipinski definition) is 3. The number of halogens is 1. The predicted molar refractivity (Wildman–Crippen MR) is 86.0 cm³/mol. The molecule has 0 saturated heterocycles. The smallest absolute Gasteiger partial charge is 0.274 e. The number of carbonyl (C=O) groups is 1. The van der Waals surface area contributed by atoms with Gasteiger partial charge in [0, 0.05) is 5.52 Å². The second kappa shape index (κ2) is 6.23.